The number of guanidine groups is 1. The van der Waals surface area contributed by atoms with Crippen molar-refractivity contribution in [1.29, 1.82) is 0 Å². The number of carbonyl (C=O) groups excluding carboxylic acids is 2. The first-order valence-electron chi connectivity index (χ1n) is 10.3. The molecule has 186 valence electrons. The van der Waals surface area contributed by atoms with E-state index >= 15 is 0 Å². The maximum atomic E-state index is 14.6. The topological polar surface area (TPSA) is 122 Å². The number of hydrazone groups is 1. The molecule has 0 saturated carbocycles. The number of rotatable bonds is 7. The Bertz CT molecular complexity index is 1150. The minimum absolute atomic E-state index is 0.0723. The van der Waals surface area contributed by atoms with Crippen LogP contribution in [0.3, 0.4) is 0 Å². The molecular weight excluding hydrogens is 482 g/mol. The van der Waals surface area contributed by atoms with Gasteiger partial charge in [0.15, 0.2) is 0 Å². The Balaban J connectivity index is 2.03. The standard InChI is InChI=1S/C22H24F2N6O4S/c1-14(31)26-20(25)28-34-12-11-22(15-7-5-4-6-8-15)30(21(32)29(2)33-3)27-19(35-22)17-13-16(23)9-10-18(17)24/h4-10,13H,11-12H2,1-3H3,(H3,25,26,28,31). The number of hydroxylamine groups is 2. The summed E-state index contributed by atoms with van der Waals surface area (Å²) in [6, 6.07) is 11.2. The van der Waals surface area contributed by atoms with E-state index in [2.05, 4.69) is 15.6 Å². The molecule has 0 aliphatic carbocycles. The number of amides is 3. The molecule has 0 spiro atoms. The minimum Gasteiger partial charge on any atom is -0.393 e. The maximum Gasteiger partial charge on any atom is 0.365 e. The molecule has 1 aliphatic rings. The van der Waals surface area contributed by atoms with E-state index in [0.29, 0.717) is 5.56 Å². The summed E-state index contributed by atoms with van der Waals surface area (Å²) < 4.78 is 28.6. The Morgan fingerprint density at radius 2 is 1.97 bits per heavy atom. The van der Waals surface area contributed by atoms with Crippen LogP contribution in [0, 0.1) is 11.6 Å². The Morgan fingerprint density at radius 1 is 1.26 bits per heavy atom. The molecule has 10 nitrogen and oxygen atoms in total. The van der Waals surface area contributed by atoms with Crippen molar-refractivity contribution in [1.82, 2.24) is 15.4 Å². The second-order valence-corrected chi connectivity index (χ2v) is 8.56. The molecule has 3 rings (SSSR count). The summed E-state index contributed by atoms with van der Waals surface area (Å²) >= 11 is 1.06. The van der Waals surface area contributed by atoms with Gasteiger partial charge in [-0.15, -0.1) is 0 Å². The summed E-state index contributed by atoms with van der Waals surface area (Å²) in [5.74, 6) is -2.01. The van der Waals surface area contributed by atoms with E-state index < -0.39 is 28.4 Å². The molecule has 1 aliphatic heterocycles. The van der Waals surface area contributed by atoms with Crippen LogP contribution in [0.2, 0.25) is 0 Å². The van der Waals surface area contributed by atoms with Gasteiger partial charge in [0.25, 0.3) is 0 Å². The van der Waals surface area contributed by atoms with Crippen LogP contribution in [-0.4, -0.2) is 53.8 Å². The van der Waals surface area contributed by atoms with Crippen molar-refractivity contribution in [2.75, 3.05) is 20.8 Å². The third-order valence-electron chi connectivity index (χ3n) is 4.91. The van der Waals surface area contributed by atoms with Gasteiger partial charge in [-0.2, -0.15) is 10.1 Å². The predicted octanol–water partition coefficient (Wildman–Crippen LogP) is 2.91. The fourth-order valence-electron chi connectivity index (χ4n) is 3.26. The molecule has 0 fully saturated rings. The van der Waals surface area contributed by atoms with Gasteiger partial charge in [0, 0.05) is 26.0 Å². The van der Waals surface area contributed by atoms with Gasteiger partial charge in [-0.1, -0.05) is 42.1 Å². The van der Waals surface area contributed by atoms with Gasteiger partial charge < -0.3 is 10.6 Å². The first-order valence-corrected chi connectivity index (χ1v) is 11.1. The van der Waals surface area contributed by atoms with E-state index in [9.17, 15) is 18.4 Å². The summed E-state index contributed by atoms with van der Waals surface area (Å²) in [4.78, 5) is 33.4. The molecule has 0 saturated heterocycles. The van der Waals surface area contributed by atoms with Crippen LogP contribution >= 0.6 is 11.8 Å². The highest BCUT2D eigenvalue weighted by Crippen LogP contribution is 2.50. The lowest BCUT2D eigenvalue weighted by molar-refractivity contribution is -0.117. The van der Waals surface area contributed by atoms with Crippen LogP contribution in [0.1, 0.15) is 24.5 Å². The number of urea groups is 1. The second-order valence-electron chi connectivity index (χ2n) is 7.30. The molecule has 13 heteroatoms. The van der Waals surface area contributed by atoms with Crippen LogP contribution in [0.15, 0.2) is 58.8 Å². The largest absolute Gasteiger partial charge is 0.393 e. The number of carbonyl (C=O) groups is 2. The molecule has 1 heterocycles. The Labute approximate surface area is 204 Å². The first kappa shape index (κ1) is 25.9. The van der Waals surface area contributed by atoms with Crippen molar-refractivity contribution in [2.24, 2.45) is 16.0 Å². The van der Waals surface area contributed by atoms with Crippen molar-refractivity contribution >= 4 is 34.7 Å². The fraction of sp³-hybridized carbons (Fsp3) is 0.273. The van der Waals surface area contributed by atoms with E-state index in [-0.39, 0.29) is 29.6 Å². The van der Waals surface area contributed by atoms with Crippen LogP contribution in [0.4, 0.5) is 13.6 Å². The van der Waals surface area contributed by atoms with E-state index in [4.69, 9.17) is 15.4 Å². The summed E-state index contributed by atoms with van der Waals surface area (Å²) in [6.45, 7) is 1.19. The van der Waals surface area contributed by atoms with Crippen molar-refractivity contribution < 1.29 is 28.0 Å². The van der Waals surface area contributed by atoms with Gasteiger partial charge in [0.2, 0.25) is 11.9 Å². The second kappa shape index (κ2) is 11.1. The molecule has 0 radical (unpaired) electrons. The molecule has 0 aromatic heterocycles. The van der Waals surface area contributed by atoms with Crippen LogP contribution in [-0.2, 0) is 19.3 Å². The van der Waals surface area contributed by atoms with Crippen LogP contribution < -0.4 is 11.1 Å². The number of nitrogens with one attached hydrogen (secondary N) is 1. The zero-order valence-electron chi connectivity index (χ0n) is 19.2. The molecule has 0 bridgehead atoms. The lowest BCUT2D eigenvalue weighted by atomic mass is 10.0. The van der Waals surface area contributed by atoms with Gasteiger partial charge in [0.05, 0.1) is 7.11 Å². The highest BCUT2D eigenvalue weighted by molar-refractivity contribution is 8.15. The summed E-state index contributed by atoms with van der Waals surface area (Å²) in [6.07, 6.45) is 0.103. The number of nitrogens with two attached hydrogens (primary N) is 1. The molecular formula is C22H24F2N6O4S. The zero-order chi connectivity index (χ0) is 25.6. The van der Waals surface area contributed by atoms with Crippen LogP contribution in [0.25, 0.3) is 0 Å². The molecule has 3 N–H and O–H groups in total. The highest BCUT2D eigenvalue weighted by Gasteiger charge is 2.50. The average molecular weight is 507 g/mol. The van der Waals surface area contributed by atoms with Gasteiger partial charge >= 0.3 is 6.03 Å². The third kappa shape index (κ3) is 5.87. The van der Waals surface area contributed by atoms with E-state index in [1.54, 1.807) is 30.3 Å². The van der Waals surface area contributed by atoms with Crippen molar-refractivity contribution in [2.45, 2.75) is 18.2 Å². The predicted molar refractivity (Wildman–Crippen MR) is 127 cm³/mol. The first-order chi connectivity index (χ1) is 16.7. The molecule has 35 heavy (non-hydrogen) atoms. The van der Waals surface area contributed by atoms with Crippen molar-refractivity contribution in [3.05, 3.63) is 71.3 Å². The molecule has 1 unspecified atom stereocenters. The number of hydrogen-bond donors (Lipinski definition) is 2. The third-order valence-corrected chi connectivity index (χ3v) is 6.35. The zero-order valence-corrected chi connectivity index (χ0v) is 20.0. The van der Waals surface area contributed by atoms with Crippen molar-refractivity contribution in [3.8, 4) is 0 Å². The van der Waals surface area contributed by atoms with E-state index in [0.717, 1.165) is 40.0 Å². The minimum atomic E-state index is -1.24. The number of halogens is 2. The molecule has 3 amide bonds. The number of thioether (sulfide) groups is 1. The summed E-state index contributed by atoms with van der Waals surface area (Å²) in [5, 5.41) is 12.5. The summed E-state index contributed by atoms with van der Waals surface area (Å²) in [5.41, 5.74) is 6.12. The van der Waals surface area contributed by atoms with Gasteiger partial charge in [-0.05, 0) is 28.9 Å². The van der Waals surface area contributed by atoms with E-state index in [1.165, 1.54) is 21.1 Å². The van der Waals surface area contributed by atoms with Gasteiger partial charge in [-0.3, -0.25) is 14.9 Å². The van der Waals surface area contributed by atoms with Gasteiger partial charge in [-0.25, -0.2) is 18.6 Å². The number of benzene rings is 2. The van der Waals surface area contributed by atoms with Crippen LogP contribution in [0.5, 0.6) is 0 Å². The highest BCUT2D eigenvalue weighted by atomic mass is 32.2. The SMILES string of the molecule is CON(C)C(=O)N1N=C(c2cc(F)ccc2F)SC1(CCO/N=C(/N)NC(C)=O)c1ccccc1. The maximum absolute atomic E-state index is 14.6. The normalized spacial score (nSPS) is 17.7. The number of hydrogen-bond acceptors (Lipinski definition) is 7. The lowest BCUT2D eigenvalue weighted by Gasteiger charge is -2.36. The Kier molecular flexibility index (Phi) is 8.25. The Hall–Kier alpha value is -3.71. The number of oxime groups is 1. The fourth-order valence-corrected chi connectivity index (χ4v) is 4.61. The molecule has 1 atom stereocenters. The Morgan fingerprint density at radius 3 is 2.63 bits per heavy atom. The quantitative estimate of drug-likeness (QED) is 0.258. The van der Waals surface area contributed by atoms with Crippen molar-refractivity contribution in [3.63, 3.8) is 0 Å². The summed E-state index contributed by atoms with van der Waals surface area (Å²) in [7, 11) is 2.71. The number of nitrogens with zero attached hydrogens (tertiary/aromatic N) is 4. The van der Waals surface area contributed by atoms with Gasteiger partial charge in [0.1, 0.15) is 28.2 Å². The average Bonchev–Trinajstić information content (AvgIpc) is 3.23. The molecule has 2 aromatic rings. The monoisotopic (exact) mass is 506 g/mol. The smallest absolute Gasteiger partial charge is 0.365 e. The van der Waals surface area contributed by atoms with E-state index in [1.807, 2.05) is 0 Å². The molecule has 2 aromatic carbocycles. The lowest BCUT2D eigenvalue weighted by Crippen LogP contribution is -2.47.